The number of ether oxygens (including phenoxy) is 1. The largest absolute Gasteiger partial charge is 0.484 e. The van der Waals surface area contributed by atoms with Crippen LogP contribution in [0.4, 0.5) is 5.69 Å². The molecule has 0 radical (unpaired) electrons. The van der Waals surface area contributed by atoms with Gasteiger partial charge < -0.3 is 15.4 Å². The SMILES string of the molecule is O=C(COc1ccc(C(=O)c2cc(Cl)ccc2Br)cc1)Nc1cccc(C(=O)NC2CC2)c1. The van der Waals surface area contributed by atoms with Gasteiger partial charge in [0.2, 0.25) is 0 Å². The zero-order valence-corrected chi connectivity index (χ0v) is 19.8. The Kier molecular flexibility index (Phi) is 7.11. The van der Waals surface area contributed by atoms with Gasteiger partial charge in [-0.05, 0) is 73.5 Å². The third-order valence-electron chi connectivity index (χ3n) is 4.98. The molecule has 0 saturated heterocycles. The van der Waals surface area contributed by atoms with Crippen molar-refractivity contribution in [1.82, 2.24) is 5.32 Å². The maximum absolute atomic E-state index is 12.7. The summed E-state index contributed by atoms with van der Waals surface area (Å²) in [6.07, 6.45) is 2.01. The molecule has 168 valence electrons. The van der Waals surface area contributed by atoms with Gasteiger partial charge in [0.25, 0.3) is 11.8 Å². The van der Waals surface area contributed by atoms with E-state index in [1.165, 1.54) is 0 Å². The summed E-state index contributed by atoms with van der Waals surface area (Å²) in [4.78, 5) is 37.2. The Hall–Kier alpha value is -3.16. The summed E-state index contributed by atoms with van der Waals surface area (Å²) in [6.45, 7) is -0.217. The van der Waals surface area contributed by atoms with Crippen molar-refractivity contribution in [2.24, 2.45) is 0 Å². The van der Waals surface area contributed by atoms with E-state index in [4.69, 9.17) is 16.3 Å². The summed E-state index contributed by atoms with van der Waals surface area (Å²) in [7, 11) is 0. The molecule has 1 fully saturated rings. The van der Waals surface area contributed by atoms with Gasteiger partial charge in [-0.25, -0.2) is 0 Å². The fourth-order valence-electron chi connectivity index (χ4n) is 3.11. The monoisotopic (exact) mass is 526 g/mol. The van der Waals surface area contributed by atoms with Crippen LogP contribution in [0.3, 0.4) is 0 Å². The molecule has 0 heterocycles. The van der Waals surface area contributed by atoms with E-state index in [1.807, 2.05) is 0 Å². The normalized spacial score (nSPS) is 12.7. The zero-order chi connectivity index (χ0) is 23.4. The van der Waals surface area contributed by atoms with Crippen molar-refractivity contribution < 1.29 is 19.1 Å². The third kappa shape index (κ3) is 6.21. The number of hydrogen-bond acceptors (Lipinski definition) is 4. The van der Waals surface area contributed by atoms with E-state index in [1.54, 1.807) is 66.7 Å². The molecule has 0 aromatic heterocycles. The quantitative estimate of drug-likeness (QED) is 0.392. The molecular weight excluding hydrogens is 508 g/mol. The van der Waals surface area contributed by atoms with Crippen LogP contribution in [0.2, 0.25) is 5.02 Å². The smallest absolute Gasteiger partial charge is 0.262 e. The predicted molar refractivity (Wildman–Crippen MR) is 130 cm³/mol. The fourth-order valence-corrected chi connectivity index (χ4v) is 3.71. The maximum Gasteiger partial charge on any atom is 0.262 e. The number of carbonyl (C=O) groups is 3. The molecule has 4 rings (SSSR count). The Bertz CT molecular complexity index is 1210. The molecule has 0 aliphatic heterocycles. The standard InChI is InChI=1S/C25H20BrClN2O4/c26-22-11-6-17(27)13-21(22)24(31)15-4-9-20(10-5-15)33-14-23(30)28-19-3-1-2-16(12-19)25(32)29-18-7-8-18/h1-6,9-13,18H,7-8,14H2,(H,28,30)(H,29,32). The summed E-state index contributed by atoms with van der Waals surface area (Å²) in [5.41, 5.74) is 1.94. The highest BCUT2D eigenvalue weighted by molar-refractivity contribution is 9.10. The van der Waals surface area contributed by atoms with Gasteiger partial charge in [-0.3, -0.25) is 14.4 Å². The Balaban J connectivity index is 1.32. The minimum atomic E-state index is -0.363. The molecule has 3 aromatic carbocycles. The van der Waals surface area contributed by atoms with Gasteiger partial charge >= 0.3 is 0 Å². The summed E-state index contributed by atoms with van der Waals surface area (Å²) in [6, 6.07) is 18.6. The first-order valence-corrected chi connectivity index (χ1v) is 11.5. The topological polar surface area (TPSA) is 84.5 Å². The maximum atomic E-state index is 12.7. The Labute approximate surface area is 204 Å². The number of carbonyl (C=O) groups excluding carboxylic acids is 3. The molecular formula is C25H20BrClN2O4. The van der Waals surface area contributed by atoms with Crippen LogP contribution < -0.4 is 15.4 Å². The summed E-state index contributed by atoms with van der Waals surface area (Å²) < 4.78 is 6.18. The summed E-state index contributed by atoms with van der Waals surface area (Å²) in [5.74, 6) is -0.245. The van der Waals surface area contributed by atoms with Crippen LogP contribution in [0.1, 0.15) is 39.1 Å². The highest BCUT2D eigenvalue weighted by Gasteiger charge is 2.23. The first kappa shape index (κ1) is 23.0. The molecule has 33 heavy (non-hydrogen) atoms. The number of nitrogens with one attached hydrogen (secondary N) is 2. The van der Waals surface area contributed by atoms with Crippen molar-refractivity contribution in [2.45, 2.75) is 18.9 Å². The van der Waals surface area contributed by atoms with E-state index in [0.717, 1.165) is 12.8 Å². The van der Waals surface area contributed by atoms with Crippen molar-refractivity contribution in [3.8, 4) is 5.75 Å². The van der Waals surface area contributed by atoms with Crippen molar-refractivity contribution in [1.29, 1.82) is 0 Å². The second kappa shape index (κ2) is 10.2. The van der Waals surface area contributed by atoms with E-state index in [-0.39, 0.29) is 30.2 Å². The highest BCUT2D eigenvalue weighted by atomic mass is 79.9. The van der Waals surface area contributed by atoms with E-state index in [9.17, 15) is 14.4 Å². The number of anilines is 1. The molecule has 1 aliphatic rings. The van der Waals surface area contributed by atoms with Crippen LogP contribution in [0.25, 0.3) is 0 Å². The Morgan fingerprint density at radius 2 is 1.73 bits per heavy atom. The second-order valence-electron chi connectivity index (χ2n) is 7.64. The lowest BCUT2D eigenvalue weighted by atomic mass is 10.0. The van der Waals surface area contributed by atoms with Crippen LogP contribution in [0, 0.1) is 0 Å². The van der Waals surface area contributed by atoms with Crippen LogP contribution >= 0.6 is 27.5 Å². The molecule has 0 unspecified atom stereocenters. The number of hydrogen-bond donors (Lipinski definition) is 2. The number of halogens is 2. The van der Waals surface area contributed by atoms with Crippen LogP contribution in [-0.2, 0) is 4.79 Å². The molecule has 0 spiro atoms. The van der Waals surface area contributed by atoms with Gasteiger partial charge in [0.1, 0.15) is 5.75 Å². The first-order valence-electron chi connectivity index (χ1n) is 10.3. The lowest BCUT2D eigenvalue weighted by Crippen LogP contribution is -2.25. The van der Waals surface area contributed by atoms with Gasteiger partial charge in [0.15, 0.2) is 12.4 Å². The number of amides is 2. The predicted octanol–water partition coefficient (Wildman–Crippen LogP) is 5.24. The van der Waals surface area contributed by atoms with Gasteiger partial charge in [-0.15, -0.1) is 0 Å². The van der Waals surface area contributed by atoms with E-state index in [0.29, 0.717) is 37.6 Å². The molecule has 6 nitrogen and oxygen atoms in total. The fraction of sp³-hybridized carbons (Fsp3) is 0.160. The summed E-state index contributed by atoms with van der Waals surface area (Å²) >= 11 is 9.36. The zero-order valence-electron chi connectivity index (χ0n) is 17.4. The van der Waals surface area contributed by atoms with Crippen molar-refractivity contribution >= 4 is 50.8 Å². The van der Waals surface area contributed by atoms with Crippen molar-refractivity contribution in [3.05, 3.63) is 92.9 Å². The lowest BCUT2D eigenvalue weighted by molar-refractivity contribution is -0.118. The lowest BCUT2D eigenvalue weighted by Gasteiger charge is -2.10. The van der Waals surface area contributed by atoms with Crippen LogP contribution in [-0.4, -0.2) is 30.2 Å². The number of rotatable bonds is 8. The van der Waals surface area contributed by atoms with Gasteiger partial charge in [0, 0.05) is 37.9 Å². The molecule has 8 heteroatoms. The Morgan fingerprint density at radius 3 is 2.45 bits per heavy atom. The molecule has 2 N–H and O–H groups in total. The summed E-state index contributed by atoms with van der Waals surface area (Å²) in [5, 5.41) is 6.11. The third-order valence-corrected chi connectivity index (χ3v) is 5.91. The highest BCUT2D eigenvalue weighted by Crippen LogP contribution is 2.25. The minimum absolute atomic E-state index is 0.149. The van der Waals surface area contributed by atoms with Gasteiger partial charge in [-0.2, -0.15) is 0 Å². The van der Waals surface area contributed by atoms with Crippen molar-refractivity contribution in [3.63, 3.8) is 0 Å². The van der Waals surface area contributed by atoms with E-state index in [2.05, 4.69) is 26.6 Å². The number of benzene rings is 3. The van der Waals surface area contributed by atoms with Crippen LogP contribution in [0.5, 0.6) is 5.75 Å². The van der Waals surface area contributed by atoms with Gasteiger partial charge in [0.05, 0.1) is 0 Å². The van der Waals surface area contributed by atoms with Crippen molar-refractivity contribution in [2.75, 3.05) is 11.9 Å². The van der Waals surface area contributed by atoms with E-state index < -0.39 is 0 Å². The van der Waals surface area contributed by atoms with Gasteiger partial charge in [-0.1, -0.05) is 33.6 Å². The molecule has 2 amide bonds. The van der Waals surface area contributed by atoms with E-state index >= 15 is 0 Å². The first-order chi connectivity index (χ1) is 15.9. The second-order valence-corrected chi connectivity index (χ2v) is 8.93. The molecule has 3 aromatic rings. The average Bonchev–Trinajstić information content (AvgIpc) is 3.63. The molecule has 1 saturated carbocycles. The number of ketones is 1. The Morgan fingerprint density at radius 1 is 0.970 bits per heavy atom. The average molecular weight is 528 g/mol. The minimum Gasteiger partial charge on any atom is -0.484 e. The molecule has 0 bridgehead atoms. The van der Waals surface area contributed by atoms with Crippen LogP contribution in [0.15, 0.2) is 71.2 Å². The molecule has 1 aliphatic carbocycles. The molecule has 0 atom stereocenters.